The summed E-state index contributed by atoms with van der Waals surface area (Å²) in [6.45, 7) is 5.24. The summed E-state index contributed by atoms with van der Waals surface area (Å²) in [6, 6.07) is 3.62. The Balaban J connectivity index is 2.21. The van der Waals surface area contributed by atoms with Gasteiger partial charge in [-0.3, -0.25) is 15.6 Å². The lowest BCUT2D eigenvalue weighted by Crippen LogP contribution is -2.47. The zero-order valence-corrected chi connectivity index (χ0v) is 13.7. The van der Waals surface area contributed by atoms with Gasteiger partial charge in [-0.2, -0.15) is 0 Å². The molecule has 0 fully saturated rings. The van der Waals surface area contributed by atoms with Crippen LogP contribution in [0.3, 0.4) is 0 Å². The van der Waals surface area contributed by atoms with Crippen molar-refractivity contribution >= 4 is 34.6 Å². The Hall–Kier alpha value is -1.14. The van der Waals surface area contributed by atoms with Gasteiger partial charge in [0.2, 0.25) is 0 Å². The highest BCUT2D eigenvalue weighted by Crippen LogP contribution is 2.11. The molecule has 3 N–H and O–H groups in total. The van der Waals surface area contributed by atoms with E-state index in [1.165, 1.54) is 30.6 Å². The van der Waals surface area contributed by atoms with Crippen LogP contribution in [0.1, 0.15) is 49.2 Å². The number of hydrogen-bond acceptors (Lipinski definition) is 3. The maximum absolute atomic E-state index is 11.7. The number of carbonyl (C=O) groups is 1. The molecule has 0 aliphatic carbocycles. The molecule has 1 amide bonds. The first-order chi connectivity index (χ1) is 9.67. The Morgan fingerprint density at radius 2 is 2.20 bits per heavy atom. The van der Waals surface area contributed by atoms with Gasteiger partial charge in [0.1, 0.15) is 0 Å². The maximum Gasteiger partial charge on any atom is 0.279 e. The number of thiocarbonyl (C=S) groups is 1. The van der Waals surface area contributed by atoms with Gasteiger partial charge in [0.05, 0.1) is 4.88 Å². The van der Waals surface area contributed by atoms with Crippen LogP contribution in [0, 0.1) is 5.92 Å². The molecule has 1 heterocycles. The standard InChI is InChI=1S/C14H23N3OS2/c1-3-5-7-11(4-2)10-15-14(19)17-16-13(18)12-8-6-9-20-12/h6,8-9,11H,3-5,7,10H2,1-2H3,(H,16,18)(H2,15,17,19)/t11-/m0/s1. The third-order valence-corrected chi connectivity index (χ3v) is 4.24. The highest BCUT2D eigenvalue weighted by Gasteiger charge is 2.08. The number of carbonyl (C=O) groups excluding carboxylic acids is 1. The van der Waals surface area contributed by atoms with Gasteiger partial charge >= 0.3 is 0 Å². The smallest absolute Gasteiger partial charge is 0.279 e. The van der Waals surface area contributed by atoms with E-state index in [2.05, 4.69) is 30.0 Å². The van der Waals surface area contributed by atoms with E-state index >= 15 is 0 Å². The fourth-order valence-electron chi connectivity index (χ4n) is 1.81. The normalized spacial score (nSPS) is 11.7. The number of nitrogens with one attached hydrogen (secondary N) is 3. The Kier molecular flexibility index (Phi) is 8.22. The second-order valence-electron chi connectivity index (χ2n) is 4.68. The molecule has 4 nitrogen and oxygen atoms in total. The summed E-state index contributed by atoms with van der Waals surface area (Å²) in [6.07, 6.45) is 4.81. The molecule has 0 unspecified atom stereocenters. The van der Waals surface area contributed by atoms with Crippen LogP contribution in [0.5, 0.6) is 0 Å². The lowest BCUT2D eigenvalue weighted by molar-refractivity contribution is 0.0947. The second-order valence-corrected chi connectivity index (χ2v) is 6.04. The summed E-state index contributed by atoms with van der Waals surface area (Å²) >= 11 is 6.55. The first-order valence-electron chi connectivity index (χ1n) is 7.05. The Bertz CT molecular complexity index is 407. The molecule has 0 aliphatic rings. The van der Waals surface area contributed by atoms with Crippen molar-refractivity contribution < 1.29 is 4.79 Å². The number of hydrazine groups is 1. The first-order valence-corrected chi connectivity index (χ1v) is 8.33. The Morgan fingerprint density at radius 3 is 2.80 bits per heavy atom. The van der Waals surface area contributed by atoms with Crippen molar-refractivity contribution in [1.29, 1.82) is 0 Å². The van der Waals surface area contributed by atoms with Crippen LogP contribution < -0.4 is 16.2 Å². The highest BCUT2D eigenvalue weighted by atomic mass is 32.1. The monoisotopic (exact) mass is 313 g/mol. The summed E-state index contributed by atoms with van der Waals surface area (Å²) in [4.78, 5) is 12.4. The van der Waals surface area contributed by atoms with Gasteiger partial charge < -0.3 is 5.32 Å². The van der Waals surface area contributed by atoms with E-state index in [9.17, 15) is 4.79 Å². The van der Waals surface area contributed by atoms with E-state index in [-0.39, 0.29) is 5.91 Å². The minimum Gasteiger partial charge on any atom is -0.361 e. The van der Waals surface area contributed by atoms with E-state index in [4.69, 9.17) is 12.2 Å². The number of amides is 1. The van der Waals surface area contributed by atoms with Crippen LogP contribution >= 0.6 is 23.6 Å². The molecule has 112 valence electrons. The van der Waals surface area contributed by atoms with Crippen molar-refractivity contribution in [3.63, 3.8) is 0 Å². The van der Waals surface area contributed by atoms with Crippen molar-refractivity contribution in [2.75, 3.05) is 6.54 Å². The molecule has 20 heavy (non-hydrogen) atoms. The predicted molar refractivity (Wildman–Crippen MR) is 88.8 cm³/mol. The maximum atomic E-state index is 11.7. The van der Waals surface area contributed by atoms with Crippen molar-refractivity contribution in [3.8, 4) is 0 Å². The van der Waals surface area contributed by atoms with E-state index in [0.717, 1.165) is 13.0 Å². The molecule has 0 spiro atoms. The van der Waals surface area contributed by atoms with Crippen LogP contribution in [0.2, 0.25) is 0 Å². The lowest BCUT2D eigenvalue weighted by Gasteiger charge is -2.17. The number of rotatable bonds is 7. The van der Waals surface area contributed by atoms with Gasteiger partial charge in [0.15, 0.2) is 5.11 Å². The zero-order chi connectivity index (χ0) is 14.8. The van der Waals surface area contributed by atoms with Crippen LogP contribution in [0.15, 0.2) is 17.5 Å². The Morgan fingerprint density at radius 1 is 1.40 bits per heavy atom. The SMILES string of the molecule is CCCC[C@H](CC)CNC(=S)NNC(=O)c1cccs1. The zero-order valence-electron chi connectivity index (χ0n) is 12.1. The van der Waals surface area contributed by atoms with Crippen LogP contribution in [0.4, 0.5) is 0 Å². The highest BCUT2D eigenvalue weighted by molar-refractivity contribution is 7.80. The predicted octanol–water partition coefficient (Wildman–Crippen LogP) is 3.07. The number of hydrogen-bond donors (Lipinski definition) is 3. The molecule has 6 heteroatoms. The van der Waals surface area contributed by atoms with E-state index in [0.29, 0.717) is 15.9 Å². The molecular weight excluding hydrogens is 290 g/mol. The first kappa shape index (κ1) is 16.9. The van der Waals surface area contributed by atoms with E-state index < -0.39 is 0 Å². The van der Waals surface area contributed by atoms with Gasteiger partial charge in [0.25, 0.3) is 5.91 Å². The second kappa shape index (κ2) is 9.72. The quantitative estimate of drug-likeness (QED) is 0.535. The summed E-state index contributed by atoms with van der Waals surface area (Å²) in [7, 11) is 0. The molecule has 0 saturated heterocycles. The van der Waals surface area contributed by atoms with Crippen LogP contribution in [-0.4, -0.2) is 17.6 Å². The summed E-state index contributed by atoms with van der Waals surface area (Å²) in [5.74, 6) is 0.463. The molecule has 0 aromatic carbocycles. The third-order valence-electron chi connectivity index (χ3n) is 3.13. The van der Waals surface area contributed by atoms with Crippen molar-refractivity contribution in [1.82, 2.24) is 16.2 Å². The fraction of sp³-hybridized carbons (Fsp3) is 0.571. The van der Waals surface area contributed by atoms with Gasteiger partial charge in [-0.15, -0.1) is 11.3 Å². The van der Waals surface area contributed by atoms with Gasteiger partial charge in [-0.1, -0.05) is 39.2 Å². The molecule has 0 aliphatic heterocycles. The fourth-order valence-corrected chi connectivity index (χ4v) is 2.56. The van der Waals surface area contributed by atoms with Crippen LogP contribution in [-0.2, 0) is 0 Å². The van der Waals surface area contributed by atoms with Gasteiger partial charge in [-0.05, 0) is 36.0 Å². The molecule has 0 radical (unpaired) electrons. The van der Waals surface area contributed by atoms with Gasteiger partial charge in [-0.25, -0.2) is 0 Å². The number of unbranched alkanes of at least 4 members (excludes halogenated alkanes) is 1. The molecule has 1 aromatic heterocycles. The molecule has 1 rings (SSSR count). The summed E-state index contributed by atoms with van der Waals surface area (Å²) in [5.41, 5.74) is 5.32. The van der Waals surface area contributed by atoms with Crippen molar-refractivity contribution in [3.05, 3.63) is 22.4 Å². The van der Waals surface area contributed by atoms with E-state index in [1.807, 2.05) is 11.4 Å². The summed E-state index contributed by atoms with van der Waals surface area (Å²) < 4.78 is 0. The topological polar surface area (TPSA) is 53.2 Å². The summed E-state index contributed by atoms with van der Waals surface area (Å²) in [5, 5.41) is 5.48. The average molecular weight is 313 g/mol. The minimum atomic E-state index is -0.165. The van der Waals surface area contributed by atoms with Gasteiger partial charge in [0, 0.05) is 6.54 Å². The third kappa shape index (κ3) is 6.34. The largest absolute Gasteiger partial charge is 0.361 e. The van der Waals surface area contributed by atoms with Crippen molar-refractivity contribution in [2.45, 2.75) is 39.5 Å². The molecule has 0 bridgehead atoms. The van der Waals surface area contributed by atoms with E-state index in [1.54, 1.807) is 6.07 Å². The Labute approximate surface area is 130 Å². The minimum absolute atomic E-state index is 0.165. The lowest BCUT2D eigenvalue weighted by atomic mass is 9.99. The molecular formula is C14H23N3OS2. The molecule has 1 atom stereocenters. The van der Waals surface area contributed by atoms with Crippen LogP contribution in [0.25, 0.3) is 0 Å². The molecule has 1 aromatic rings. The van der Waals surface area contributed by atoms with Crippen molar-refractivity contribution in [2.24, 2.45) is 5.92 Å². The average Bonchev–Trinajstić information content (AvgIpc) is 2.99. The molecule has 0 saturated carbocycles. The number of thiophene rings is 1.